The Morgan fingerprint density at radius 2 is 1.23 bits per heavy atom. The van der Waals surface area contributed by atoms with E-state index in [9.17, 15) is 5.11 Å². The van der Waals surface area contributed by atoms with Gasteiger partial charge in [-0.15, -0.1) is 0 Å². The van der Waals surface area contributed by atoms with Crippen molar-refractivity contribution in [3.8, 4) is 0 Å². The van der Waals surface area contributed by atoms with Gasteiger partial charge in [-0.3, -0.25) is 0 Å². The van der Waals surface area contributed by atoms with E-state index in [1.165, 1.54) is 0 Å². The Bertz CT molecular complexity index is 328. The second-order valence-electron chi connectivity index (χ2n) is 9.48. The normalized spacial score (nSPS) is 16.0. The lowest BCUT2D eigenvalue weighted by Crippen LogP contribution is -2.42. The second-order valence-corrected chi connectivity index (χ2v) is 19.1. The quantitative estimate of drug-likeness (QED) is 0.486. The summed E-state index contributed by atoms with van der Waals surface area (Å²) in [7, 11) is -3.41. The third-order valence-electron chi connectivity index (χ3n) is 5.39. The summed E-state index contributed by atoms with van der Waals surface area (Å²) < 4.78 is 12.2. The van der Waals surface area contributed by atoms with E-state index in [0.29, 0.717) is 6.61 Å². The van der Waals surface area contributed by atoms with Gasteiger partial charge in [-0.25, -0.2) is 0 Å². The highest BCUT2D eigenvalue weighted by atomic mass is 28.4. The van der Waals surface area contributed by atoms with Gasteiger partial charge < -0.3 is 14.0 Å². The maximum atomic E-state index is 10.1. The van der Waals surface area contributed by atoms with Crippen LogP contribution in [0.2, 0.25) is 36.3 Å². The van der Waals surface area contributed by atoms with Crippen molar-refractivity contribution in [3.05, 3.63) is 0 Å². The van der Waals surface area contributed by atoms with E-state index in [0.717, 1.165) is 19.4 Å². The average molecular weight is 349 g/mol. The maximum Gasteiger partial charge on any atom is 0.192 e. The van der Waals surface area contributed by atoms with Crippen molar-refractivity contribution >= 4 is 16.6 Å². The van der Waals surface area contributed by atoms with Crippen LogP contribution in [0.1, 0.15) is 54.4 Å². The first-order valence-corrected chi connectivity index (χ1v) is 14.4. The molecule has 0 aromatic heterocycles. The number of aliphatic hydroxyl groups excluding tert-OH is 1. The minimum absolute atomic E-state index is 0.193. The molecule has 0 bridgehead atoms. The highest BCUT2D eigenvalue weighted by Crippen LogP contribution is 2.37. The van der Waals surface area contributed by atoms with E-state index in [2.05, 4.69) is 67.7 Å². The molecule has 0 saturated heterocycles. The molecule has 0 aliphatic carbocycles. The highest BCUT2D eigenvalue weighted by Gasteiger charge is 2.38. The lowest BCUT2D eigenvalue weighted by Gasteiger charge is -2.37. The topological polar surface area (TPSA) is 38.7 Å². The average Bonchev–Trinajstić information content (AvgIpc) is 2.29. The van der Waals surface area contributed by atoms with Gasteiger partial charge in [0.05, 0.1) is 12.7 Å². The Kier molecular flexibility index (Phi) is 8.04. The number of hydrogen-bond donors (Lipinski definition) is 1. The maximum absolute atomic E-state index is 10.1. The Balaban J connectivity index is 4.05. The van der Waals surface area contributed by atoms with Gasteiger partial charge in [0.15, 0.2) is 16.6 Å². The van der Waals surface area contributed by atoms with Crippen LogP contribution >= 0.6 is 0 Å². The third-order valence-corrected chi connectivity index (χ3v) is 14.4. The predicted octanol–water partition coefficient (Wildman–Crippen LogP) is 5.17. The molecule has 0 aliphatic rings. The monoisotopic (exact) mass is 348 g/mol. The molecule has 0 heterocycles. The van der Waals surface area contributed by atoms with Gasteiger partial charge in [0.25, 0.3) is 0 Å². The zero-order valence-corrected chi connectivity index (χ0v) is 18.7. The second kappa shape index (κ2) is 7.92. The molecular formula is C17H40O3Si2. The SMILES string of the molecule is CC(C)(C)[Si](C)(C)OCCC[C@@H](O)CO[Si](C)(C)C(C)(C)C. The Labute approximate surface area is 141 Å². The summed E-state index contributed by atoms with van der Waals surface area (Å²) >= 11 is 0. The molecule has 0 unspecified atom stereocenters. The van der Waals surface area contributed by atoms with Crippen molar-refractivity contribution in [1.29, 1.82) is 0 Å². The summed E-state index contributed by atoms with van der Waals surface area (Å²) in [5.74, 6) is 0. The van der Waals surface area contributed by atoms with Crippen molar-refractivity contribution in [2.24, 2.45) is 0 Å². The molecule has 0 rings (SSSR count). The van der Waals surface area contributed by atoms with Crippen LogP contribution in [0.25, 0.3) is 0 Å². The van der Waals surface area contributed by atoms with Crippen LogP contribution in [0.15, 0.2) is 0 Å². The lowest BCUT2D eigenvalue weighted by atomic mass is 10.2. The summed E-state index contributed by atoms with van der Waals surface area (Å²) in [6.07, 6.45) is 1.27. The van der Waals surface area contributed by atoms with Crippen molar-refractivity contribution in [2.45, 2.75) is 96.8 Å². The first kappa shape index (κ1) is 22.3. The smallest absolute Gasteiger partial charge is 0.192 e. The van der Waals surface area contributed by atoms with Gasteiger partial charge in [0.1, 0.15) is 0 Å². The summed E-state index contributed by atoms with van der Waals surface area (Å²) in [6.45, 7) is 23.6. The van der Waals surface area contributed by atoms with Gasteiger partial charge in [0.2, 0.25) is 0 Å². The minimum atomic E-state index is -1.75. The fraction of sp³-hybridized carbons (Fsp3) is 1.00. The molecule has 1 atom stereocenters. The van der Waals surface area contributed by atoms with Crippen LogP contribution in [0, 0.1) is 0 Å². The number of rotatable bonds is 8. The summed E-state index contributed by atoms with van der Waals surface area (Å²) in [5.41, 5.74) is 0. The summed E-state index contributed by atoms with van der Waals surface area (Å²) in [5, 5.41) is 10.6. The van der Waals surface area contributed by atoms with Crippen molar-refractivity contribution in [2.75, 3.05) is 13.2 Å². The van der Waals surface area contributed by atoms with Gasteiger partial charge in [0, 0.05) is 6.61 Å². The predicted molar refractivity (Wildman–Crippen MR) is 102 cm³/mol. The minimum Gasteiger partial charge on any atom is -0.417 e. The molecule has 0 fully saturated rings. The van der Waals surface area contributed by atoms with Crippen LogP contribution in [-0.4, -0.2) is 41.1 Å². The molecule has 22 heavy (non-hydrogen) atoms. The molecule has 5 heteroatoms. The largest absolute Gasteiger partial charge is 0.417 e. The lowest BCUT2D eigenvalue weighted by molar-refractivity contribution is 0.0865. The van der Waals surface area contributed by atoms with Crippen molar-refractivity contribution < 1.29 is 14.0 Å². The molecule has 0 radical (unpaired) electrons. The molecule has 3 nitrogen and oxygen atoms in total. The first-order valence-electron chi connectivity index (χ1n) is 8.56. The molecule has 0 aliphatic heterocycles. The third kappa shape index (κ3) is 7.26. The fourth-order valence-corrected chi connectivity index (χ4v) is 3.60. The first-order chi connectivity index (χ1) is 9.60. The van der Waals surface area contributed by atoms with E-state index >= 15 is 0 Å². The van der Waals surface area contributed by atoms with E-state index in [-0.39, 0.29) is 16.2 Å². The van der Waals surface area contributed by atoms with E-state index in [1.54, 1.807) is 0 Å². The van der Waals surface area contributed by atoms with Crippen LogP contribution in [0.3, 0.4) is 0 Å². The molecule has 1 N–H and O–H groups in total. The molecule has 134 valence electrons. The van der Waals surface area contributed by atoms with Gasteiger partial charge in [-0.1, -0.05) is 41.5 Å². The van der Waals surface area contributed by atoms with Crippen LogP contribution < -0.4 is 0 Å². The van der Waals surface area contributed by atoms with Gasteiger partial charge in [-0.2, -0.15) is 0 Å². The molecule has 0 amide bonds. The summed E-state index contributed by atoms with van der Waals surface area (Å²) in [6, 6.07) is 0. The summed E-state index contributed by atoms with van der Waals surface area (Å²) in [4.78, 5) is 0. The standard InChI is InChI=1S/C17H40O3Si2/c1-16(2,3)21(7,8)19-13-11-12-15(18)14-20-22(9,10)17(4,5)6/h15,18H,11-14H2,1-10H3/t15-/m1/s1. The van der Waals surface area contributed by atoms with E-state index < -0.39 is 16.6 Å². The Morgan fingerprint density at radius 1 is 0.818 bits per heavy atom. The zero-order chi connectivity index (χ0) is 17.8. The van der Waals surface area contributed by atoms with Gasteiger partial charge >= 0.3 is 0 Å². The highest BCUT2D eigenvalue weighted by molar-refractivity contribution is 6.74. The molecule has 0 aromatic rings. The molecule has 0 aromatic carbocycles. The Hall–Kier alpha value is 0.314. The number of hydrogen-bond acceptors (Lipinski definition) is 3. The van der Waals surface area contributed by atoms with E-state index in [1.807, 2.05) is 0 Å². The number of aliphatic hydroxyl groups is 1. The van der Waals surface area contributed by atoms with Gasteiger partial charge in [-0.05, 0) is 49.1 Å². The van der Waals surface area contributed by atoms with Crippen LogP contribution in [-0.2, 0) is 8.85 Å². The molecular weight excluding hydrogens is 308 g/mol. The van der Waals surface area contributed by atoms with Crippen molar-refractivity contribution in [1.82, 2.24) is 0 Å². The zero-order valence-electron chi connectivity index (χ0n) is 16.7. The van der Waals surface area contributed by atoms with Crippen LogP contribution in [0.4, 0.5) is 0 Å². The van der Waals surface area contributed by atoms with Crippen LogP contribution in [0.5, 0.6) is 0 Å². The van der Waals surface area contributed by atoms with E-state index in [4.69, 9.17) is 8.85 Å². The fourth-order valence-electron chi connectivity index (χ4n) is 1.47. The molecule has 0 spiro atoms. The Morgan fingerprint density at radius 3 is 1.64 bits per heavy atom. The molecule has 0 saturated carbocycles. The van der Waals surface area contributed by atoms with Crippen molar-refractivity contribution in [3.63, 3.8) is 0 Å².